The molecule has 1 aliphatic rings. The van der Waals surface area contributed by atoms with Crippen molar-refractivity contribution in [3.05, 3.63) is 93.1 Å². The minimum Gasteiger partial charge on any atom is -0.493 e. The lowest BCUT2D eigenvalue weighted by atomic mass is 10.1. The third-order valence-electron chi connectivity index (χ3n) is 4.99. The van der Waals surface area contributed by atoms with Gasteiger partial charge >= 0.3 is 5.97 Å². The maximum Gasteiger partial charge on any atom is 0.335 e. The number of benzene rings is 3. The van der Waals surface area contributed by atoms with Crippen LogP contribution in [0.4, 0.5) is 10.1 Å². The van der Waals surface area contributed by atoms with Gasteiger partial charge in [-0.1, -0.05) is 53.8 Å². The van der Waals surface area contributed by atoms with Crippen LogP contribution in [0.1, 0.15) is 21.5 Å². The van der Waals surface area contributed by atoms with Crippen LogP contribution in [0.2, 0.25) is 5.02 Å². The molecule has 0 aliphatic carbocycles. The number of nitrogens with zero attached hydrogens (tertiary/aromatic N) is 1. The molecule has 0 aromatic heterocycles. The predicted octanol–water partition coefficient (Wildman–Crippen LogP) is 6.17. The van der Waals surface area contributed by atoms with Crippen molar-refractivity contribution in [3.8, 4) is 11.5 Å². The van der Waals surface area contributed by atoms with Crippen LogP contribution in [-0.4, -0.2) is 28.4 Å². The average Bonchev–Trinajstić information content (AvgIpc) is 3.11. The number of aromatic carboxylic acids is 1. The van der Waals surface area contributed by atoms with Gasteiger partial charge in [0.1, 0.15) is 12.4 Å². The Bertz CT molecular complexity index is 1360. The lowest BCUT2D eigenvalue weighted by molar-refractivity contribution is -0.113. The maximum atomic E-state index is 13.1. The smallest absolute Gasteiger partial charge is 0.335 e. The molecule has 0 bridgehead atoms. The Morgan fingerprint density at radius 1 is 1.20 bits per heavy atom. The second-order valence-corrected chi connectivity index (χ2v) is 9.40. The first-order valence-corrected chi connectivity index (χ1v) is 11.7. The summed E-state index contributed by atoms with van der Waals surface area (Å²) in [5.41, 5.74) is 1.76. The van der Waals surface area contributed by atoms with Crippen LogP contribution < -0.4 is 14.4 Å². The Labute approximate surface area is 214 Å². The highest BCUT2D eigenvalue weighted by molar-refractivity contribution is 8.27. The monoisotopic (exact) mass is 529 g/mol. The Hall–Kier alpha value is -3.40. The number of rotatable bonds is 7. The molecule has 0 saturated carbocycles. The Morgan fingerprint density at radius 2 is 1.94 bits per heavy atom. The van der Waals surface area contributed by atoms with E-state index >= 15 is 0 Å². The summed E-state index contributed by atoms with van der Waals surface area (Å²) in [5.74, 6) is -1.15. The number of carboxylic acid groups (broad SMARTS) is 1. The summed E-state index contributed by atoms with van der Waals surface area (Å²) < 4.78 is 24.6. The van der Waals surface area contributed by atoms with Gasteiger partial charge in [-0.05, 0) is 59.7 Å². The van der Waals surface area contributed by atoms with E-state index in [-0.39, 0.29) is 33.2 Å². The van der Waals surface area contributed by atoms with Gasteiger partial charge in [-0.25, -0.2) is 9.18 Å². The number of thiocarbonyl (C=S) groups is 1. The third kappa shape index (κ3) is 5.48. The Morgan fingerprint density at radius 3 is 2.63 bits per heavy atom. The van der Waals surface area contributed by atoms with Crippen LogP contribution in [0.15, 0.2) is 65.6 Å². The highest BCUT2D eigenvalue weighted by atomic mass is 35.5. The first kappa shape index (κ1) is 24.7. The average molecular weight is 530 g/mol. The van der Waals surface area contributed by atoms with Crippen molar-refractivity contribution in [1.29, 1.82) is 0 Å². The molecular weight excluding hydrogens is 513 g/mol. The van der Waals surface area contributed by atoms with Gasteiger partial charge in [0.2, 0.25) is 0 Å². The summed E-state index contributed by atoms with van der Waals surface area (Å²) in [5, 5.41) is 9.51. The second-order valence-electron chi connectivity index (χ2n) is 7.32. The molecule has 1 amide bonds. The molecule has 3 aromatic rings. The van der Waals surface area contributed by atoms with Crippen LogP contribution in [0.3, 0.4) is 0 Å². The van der Waals surface area contributed by atoms with E-state index in [2.05, 4.69) is 0 Å². The molecule has 6 nitrogen and oxygen atoms in total. The van der Waals surface area contributed by atoms with E-state index in [0.717, 1.165) is 17.3 Å². The first-order chi connectivity index (χ1) is 16.8. The molecule has 0 unspecified atom stereocenters. The number of anilines is 1. The highest BCUT2D eigenvalue weighted by Crippen LogP contribution is 2.40. The SMILES string of the molecule is COc1cc(/C=C2\SC(=S)N(c3cccc(C(=O)O)c3)C2=O)cc(Cl)c1OCc1ccc(F)cc1. The lowest BCUT2D eigenvalue weighted by Crippen LogP contribution is -2.27. The molecule has 1 saturated heterocycles. The number of carboxylic acids is 1. The number of carbonyl (C=O) groups excluding carboxylic acids is 1. The minimum absolute atomic E-state index is 0.0493. The summed E-state index contributed by atoms with van der Waals surface area (Å²) in [6.45, 7) is 0.157. The van der Waals surface area contributed by atoms with E-state index in [1.165, 1.54) is 36.3 Å². The number of ether oxygens (including phenoxy) is 2. The molecule has 178 valence electrons. The van der Waals surface area contributed by atoms with E-state index in [1.807, 2.05) is 0 Å². The molecular formula is C25H17ClFNO5S2. The van der Waals surface area contributed by atoms with Gasteiger partial charge < -0.3 is 14.6 Å². The fourth-order valence-electron chi connectivity index (χ4n) is 3.32. The van der Waals surface area contributed by atoms with Crippen LogP contribution in [0.5, 0.6) is 11.5 Å². The van der Waals surface area contributed by atoms with Gasteiger partial charge in [-0.3, -0.25) is 9.69 Å². The van der Waals surface area contributed by atoms with Crippen molar-refractivity contribution in [1.82, 2.24) is 0 Å². The number of amides is 1. The normalized spacial score (nSPS) is 14.5. The number of carbonyl (C=O) groups is 2. The molecule has 1 heterocycles. The summed E-state index contributed by atoms with van der Waals surface area (Å²) in [6.07, 6.45) is 1.62. The fourth-order valence-corrected chi connectivity index (χ4v) is 4.89. The van der Waals surface area contributed by atoms with Crippen molar-refractivity contribution in [2.75, 3.05) is 12.0 Å². The molecule has 10 heteroatoms. The van der Waals surface area contributed by atoms with Crippen LogP contribution >= 0.6 is 35.6 Å². The van der Waals surface area contributed by atoms with E-state index < -0.39 is 5.97 Å². The molecule has 1 N–H and O–H groups in total. The zero-order valence-electron chi connectivity index (χ0n) is 18.2. The summed E-state index contributed by atoms with van der Waals surface area (Å²) in [4.78, 5) is 26.0. The highest BCUT2D eigenvalue weighted by Gasteiger charge is 2.33. The van der Waals surface area contributed by atoms with Crippen molar-refractivity contribution in [3.63, 3.8) is 0 Å². The molecule has 4 rings (SSSR count). The van der Waals surface area contributed by atoms with Crippen molar-refractivity contribution in [2.24, 2.45) is 0 Å². The summed E-state index contributed by atoms with van der Waals surface area (Å²) in [7, 11) is 1.47. The van der Waals surface area contributed by atoms with Gasteiger partial charge in [0.15, 0.2) is 15.8 Å². The number of hydrogen-bond donors (Lipinski definition) is 1. The quantitative estimate of drug-likeness (QED) is 0.290. The number of halogens is 2. The van der Waals surface area contributed by atoms with Gasteiger partial charge in [-0.2, -0.15) is 0 Å². The maximum absolute atomic E-state index is 13.1. The number of methoxy groups -OCH3 is 1. The molecule has 1 aliphatic heterocycles. The molecule has 0 atom stereocenters. The van der Waals surface area contributed by atoms with Crippen LogP contribution in [0.25, 0.3) is 6.08 Å². The zero-order chi connectivity index (χ0) is 25.1. The zero-order valence-corrected chi connectivity index (χ0v) is 20.5. The fraction of sp³-hybridized carbons (Fsp3) is 0.0800. The van der Waals surface area contributed by atoms with E-state index in [0.29, 0.717) is 27.7 Å². The van der Waals surface area contributed by atoms with Crippen molar-refractivity contribution >= 4 is 63.5 Å². The molecule has 35 heavy (non-hydrogen) atoms. The Kier molecular flexibility index (Phi) is 7.39. The van der Waals surface area contributed by atoms with E-state index in [9.17, 15) is 19.1 Å². The van der Waals surface area contributed by atoms with Crippen molar-refractivity contribution in [2.45, 2.75) is 6.61 Å². The predicted molar refractivity (Wildman–Crippen MR) is 138 cm³/mol. The first-order valence-electron chi connectivity index (χ1n) is 10.1. The van der Waals surface area contributed by atoms with Crippen molar-refractivity contribution < 1.29 is 28.6 Å². The number of thioether (sulfide) groups is 1. The Balaban J connectivity index is 1.58. The molecule has 1 fully saturated rings. The largest absolute Gasteiger partial charge is 0.493 e. The second kappa shape index (κ2) is 10.5. The van der Waals surface area contributed by atoms with Crippen LogP contribution in [0, 0.1) is 5.82 Å². The topological polar surface area (TPSA) is 76.1 Å². The molecule has 3 aromatic carbocycles. The third-order valence-corrected chi connectivity index (χ3v) is 6.57. The standard InChI is InChI=1S/C25H17ClFNO5S2/c1-32-20-10-15(9-19(26)22(20)33-13-14-5-7-17(27)8-6-14)11-21-23(29)28(25(34)35-21)18-4-2-3-16(12-18)24(30)31/h2-12H,13H2,1H3,(H,30,31)/b21-11-. The lowest BCUT2D eigenvalue weighted by Gasteiger charge is -2.15. The van der Waals surface area contributed by atoms with Gasteiger partial charge in [-0.15, -0.1) is 0 Å². The molecule has 0 spiro atoms. The van der Waals surface area contributed by atoms with E-state index in [4.69, 9.17) is 33.3 Å². The summed E-state index contributed by atoms with van der Waals surface area (Å²) in [6, 6.07) is 15.2. The van der Waals surface area contributed by atoms with Gasteiger partial charge in [0.25, 0.3) is 5.91 Å². The molecule has 0 radical (unpaired) electrons. The minimum atomic E-state index is -1.10. The number of hydrogen-bond acceptors (Lipinski definition) is 6. The van der Waals surface area contributed by atoms with Gasteiger partial charge in [0.05, 0.1) is 28.3 Å². The van der Waals surface area contributed by atoms with Crippen LogP contribution in [-0.2, 0) is 11.4 Å². The summed E-state index contributed by atoms with van der Waals surface area (Å²) >= 11 is 12.9. The van der Waals surface area contributed by atoms with E-state index in [1.54, 1.807) is 42.5 Å². The van der Waals surface area contributed by atoms with Gasteiger partial charge in [0, 0.05) is 0 Å².